The monoisotopic (exact) mass is 446 g/mol. The van der Waals surface area contributed by atoms with Gasteiger partial charge in [-0.05, 0) is 103 Å². The average molecular weight is 447 g/mol. The molecule has 178 valence electrons. The van der Waals surface area contributed by atoms with Crippen molar-refractivity contribution in [3.05, 3.63) is 58.7 Å². The fourth-order valence-corrected chi connectivity index (χ4v) is 8.75. The number of phenols is 2. The van der Waals surface area contributed by atoms with E-state index in [0.29, 0.717) is 23.3 Å². The molecule has 5 unspecified atom stereocenters. The Morgan fingerprint density at radius 2 is 1.48 bits per heavy atom. The molecule has 6 rings (SSSR count). The standard InChI is InChI=1S/C31H42O2/c1-19(2)29-14-22-15-30(16-29,28(5,6)7)18-31(17-29,24-11-9-21(4)13-26(24)33)27(22)23-10-8-20(3)12-25(23)32/h8-13,19,22,27,32-33H,14-18H2,1-7H3. The summed E-state index contributed by atoms with van der Waals surface area (Å²) >= 11 is 0. The molecule has 33 heavy (non-hydrogen) atoms. The van der Waals surface area contributed by atoms with Gasteiger partial charge in [-0.2, -0.15) is 0 Å². The van der Waals surface area contributed by atoms with Crippen molar-refractivity contribution in [3.8, 4) is 11.5 Å². The van der Waals surface area contributed by atoms with Gasteiger partial charge in [-0.1, -0.05) is 58.9 Å². The first-order chi connectivity index (χ1) is 15.3. The second-order valence-electron chi connectivity index (χ2n) is 13.5. The number of aryl methyl sites for hydroxylation is 2. The minimum absolute atomic E-state index is 0.165. The largest absolute Gasteiger partial charge is 0.508 e. The zero-order valence-electron chi connectivity index (χ0n) is 21.6. The highest BCUT2D eigenvalue weighted by Crippen LogP contribution is 2.79. The molecule has 2 aromatic rings. The van der Waals surface area contributed by atoms with Gasteiger partial charge in [-0.25, -0.2) is 0 Å². The SMILES string of the molecule is Cc1ccc(C2C3CC4(C(C)C)CC2(c2ccc(C)cc2O)CC(C(C)(C)C)(C3)C4)c(O)c1. The van der Waals surface area contributed by atoms with Gasteiger partial charge in [0.25, 0.3) is 0 Å². The summed E-state index contributed by atoms with van der Waals surface area (Å²) in [6.45, 7) is 16.3. The molecular formula is C31H42O2. The summed E-state index contributed by atoms with van der Waals surface area (Å²) < 4.78 is 0. The van der Waals surface area contributed by atoms with Gasteiger partial charge in [0.2, 0.25) is 0 Å². The molecule has 0 saturated heterocycles. The molecular weight excluding hydrogens is 404 g/mol. The highest BCUT2D eigenvalue weighted by atomic mass is 16.3. The van der Waals surface area contributed by atoms with Crippen LogP contribution in [0.4, 0.5) is 0 Å². The van der Waals surface area contributed by atoms with E-state index in [2.05, 4.69) is 65.8 Å². The second kappa shape index (κ2) is 7.03. The Bertz CT molecular complexity index is 1090. The third-order valence-electron chi connectivity index (χ3n) is 10.4. The Kier molecular flexibility index (Phi) is 4.86. The molecule has 4 saturated carbocycles. The van der Waals surface area contributed by atoms with Crippen LogP contribution in [0.5, 0.6) is 11.5 Å². The molecule has 4 aliphatic rings. The van der Waals surface area contributed by atoms with E-state index < -0.39 is 0 Å². The molecule has 2 N–H and O–H groups in total. The van der Waals surface area contributed by atoms with Crippen LogP contribution in [0.25, 0.3) is 0 Å². The Morgan fingerprint density at radius 1 is 0.848 bits per heavy atom. The lowest BCUT2D eigenvalue weighted by Gasteiger charge is -2.73. The molecule has 0 aliphatic heterocycles. The average Bonchev–Trinajstić information content (AvgIpc) is 2.67. The van der Waals surface area contributed by atoms with Crippen LogP contribution in [0.2, 0.25) is 0 Å². The molecule has 2 heteroatoms. The van der Waals surface area contributed by atoms with Gasteiger partial charge in [0.15, 0.2) is 0 Å². The summed E-state index contributed by atoms with van der Waals surface area (Å²) in [5, 5.41) is 22.6. The van der Waals surface area contributed by atoms with Crippen LogP contribution in [-0.2, 0) is 5.41 Å². The first kappa shape index (κ1) is 22.8. The third-order valence-corrected chi connectivity index (χ3v) is 10.4. The van der Waals surface area contributed by atoms with Gasteiger partial charge in [0, 0.05) is 16.9 Å². The van der Waals surface area contributed by atoms with E-state index in [-0.39, 0.29) is 27.6 Å². The van der Waals surface area contributed by atoms with Crippen molar-refractivity contribution in [2.75, 3.05) is 0 Å². The Hall–Kier alpha value is -1.96. The molecule has 4 fully saturated rings. The highest BCUT2D eigenvalue weighted by Gasteiger charge is 2.70. The van der Waals surface area contributed by atoms with E-state index in [9.17, 15) is 10.2 Å². The number of phenolic OH excluding ortho intramolecular Hbond substituents is 2. The van der Waals surface area contributed by atoms with Gasteiger partial charge in [0.05, 0.1) is 0 Å². The molecule has 0 heterocycles. The molecule has 5 atom stereocenters. The van der Waals surface area contributed by atoms with Gasteiger partial charge in [0.1, 0.15) is 11.5 Å². The van der Waals surface area contributed by atoms with Crippen LogP contribution >= 0.6 is 0 Å². The predicted octanol–water partition coefficient (Wildman–Crippen LogP) is 8.02. The quantitative estimate of drug-likeness (QED) is 0.501. The van der Waals surface area contributed by atoms with Gasteiger partial charge < -0.3 is 10.2 Å². The first-order valence-corrected chi connectivity index (χ1v) is 12.9. The maximum Gasteiger partial charge on any atom is 0.119 e. The van der Waals surface area contributed by atoms with Gasteiger partial charge in [-0.15, -0.1) is 0 Å². The smallest absolute Gasteiger partial charge is 0.119 e. The van der Waals surface area contributed by atoms with Crippen LogP contribution in [0.1, 0.15) is 94.9 Å². The second-order valence-corrected chi connectivity index (χ2v) is 13.5. The molecule has 4 aliphatic carbocycles. The van der Waals surface area contributed by atoms with E-state index in [1.807, 2.05) is 19.1 Å². The molecule has 0 aromatic heterocycles. The zero-order chi connectivity index (χ0) is 24.0. The third kappa shape index (κ3) is 3.12. The van der Waals surface area contributed by atoms with Gasteiger partial charge >= 0.3 is 0 Å². The Balaban J connectivity index is 1.81. The predicted molar refractivity (Wildman–Crippen MR) is 136 cm³/mol. The van der Waals surface area contributed by atoms with E-state index in [0.717, 1.165) is 35.1 Å². The zero-order valence-corrected chi connectivity index (χ0v) is 21.6. The van der Waals surface area contributed by atoms with E-state index in [1.54, 1.807) is 0 Å². The Morgan fingerprint density at radius 3 is 2.06 bits per heavy atom. The normalized spacial score (nSPS) is 35.4. The van der Waals surface area contributed by atoms with Crippen LogP contribution in [-0.4, -0.2) is 10.2 Å². The van der Waals surface area contributed by atoms with Crippen LogP contribution < -0.4 is 0 Å². The fraction of sp³-hybridized carbons (Fsp3) is 0.613. The van der Waals surface area contributed by atoms with Crippen molar-refractivity contribution in [2.45, 2.75) is 91.9 Å². The number of benzene rings is 2. The van der Waals surface area contributed by atoms with E-state index in [1.165, 1.54) is 19.3 Å². The Labute approximate surface area is 200 Å². The maximum atomic E-state index is 11.4. The molecule has 0 amide bonds. The number of hydrogen-bond donors (Lipinski definition) is 2. The topological polar surface area (TPSA) is 40.5 Å². The van der Waals surface area contributed by atoms with Crippen molar-refractivity contribution in [3.63, 3.8) is 0 Å². The van der Waals surface area contributed by atoms with Crippen LogP contribution in [0.15, 0.2) is 36.4 Å². The molecule has 4 bridgehead atoms. The van der Waals surface area contributed by atoms with E-state index in [4.69, 9.17) is 0 Å². The summed E-state index contributed by atoms with van der Waals surface area (Å²) in [6, 6.07) is 12.6. The van der Waals surface area contributed by atoms with Crippen molar-refractivity contribution >= 4 is 0 Å². The summed E-state index contributed by atoms with van der Waals surface area (Å²) in [5.74, 6) is 2.21. The molecule has 0 spiro atoms. The minimum atomic E-state index is -0.165. The maximum absolute atomic E-state index is 11.4. The van der Waals surface area contributed by atoms with Crippen molar-refractivity contribution in [1.29, 1.82) is 0 Å². The minimum Gasteiger partial charge on any atom is -0.508 e. The molecule has 0 radical (unpaired) electrons. The van der Waals surface area contributed by atoms with Crippen molar-refractivity contribution in [2.24, 2.45) is 28.1 Å². The summed E-state index contributed by atoms with van der Waals surface area (Å²) in [5.41, 5.74) is 4.94. The summed E-state index contributed by atoms with van der Waals surface area (Å²) in [6.07, 6.45) is 5.93. The fourth-order valence-electron chi connectivity index (χ4n) is 8.75. The summed E-state index contributed by atoms with van der Waals surface area (Å²) in [7, 11) is 0. The van der Waals surface area contributed by atoms with Gasteiger partial charge in [-0.3, -0.25) is 0 Å². The lowest BCUT2D eigenvalue weighted by atomic mass is 9.30. The summed E-state index contributed by atoms with van der Waals surface area (Å²) in [4.78, 5) is 0. The molecule has 2 aromatic carbocycles. The van der Waals surface area contributed by atoms with Crippen LogP contribution in [0, 0.1) is 41.9 Å². The van der Waals surface area contributed by atoms with E-state index >= 15 is 0 Å². The van der Waals surface area contributed by atoms with Crippen molar-refractivity contribution in [1.82, 2.24) is 0 Å². The highest BCUT2D eigenvalue weighted by molar-refractivity contribution is 5.51. The lowest BCUT2D eigenvalue weighted by molar-refractivity contribution is -0.195. The first-order valence-electron chi connectivity index (χ1n) is 12.9. The number of aromatic hydroxyl groups is 2. The number of rotatable bonds is 3. The number of hydrogen-bond acceptors (Lipinski definition) is 2. The molecule has 2 nitrogen and oxygen atoms in total. The lowest BCUT2D eigenvalue weighted by Crippen LogP contribution is -2.66. The van der Waals surface area contributed by atoms with Crippen LogP contribution in [0.3, 0.4) is 0 Å². The van der Waals surface area contributed by atoms with Crippen molar-refractivity contribution < 1.29 is 10.2 Å².